The molecule has 0 saturated carbocycles. The van der Waals surface area contributed by atoms with E-state index in [1.807, 2.05) is 7.05 Å². The summed E-state index contributed by atoms with van der Waals surface area (Å²) in [5, 5.41) is 12.0. The average molecular weight is 381 g/mol. The Morgan fingerprint density at radius 3 is 2.68 bits per heavy atom. The largest absolute Gasteiger partial charge is 0.379 e. The molecule has 0 aliphatic carbocycles. The van der Waals surface area contributed by atoms with Gasteiger partial charge in [0.05, 0.1) is 24.8 Å². The minimum atomic E-state index is 0.618. The van der Waals surface area contributed by atoms with Crippen LogP contribution in [0.4, 0.5) is 17.5 Å². The van der Waals surface area contributed by atoms with Crippen LogP contribution in [-0.2, 0) is 11.8 Å². The summed E-state index contributed by atoms with van der Waals surface area (Å²) < 4.78 is 7.17. The molecule has 2 aromatic heterocycles. The molecule has 8 nitrogen and oxygen atoms in total. The highest BCUT2D eigenvalue weighted by Crippen LogP contribution is 2.25. The maximum atomic E-state index is 5.40. The van der Waals surface area contributed by atoms with Gasteiger partial charge < -0.3 is 15.4 Å². The molecule has 0 unspecified atom stereocenters. The summed E-state index contributed by atoms with van der Waals surface area (Å²) in [5.74, 6) is 1.38. The number of aryl methyl sites for hydroxylation is 2. The van der Waals surface area contributed by atoms with Crippen LogP contribution < -0.4 is 10.6 Å². The Hall–Kier alpha value is -2.71. The van der Waals surface area contributed by atoms with Crippen molar-refractivity contribution in [2.24, 2.45) is 7.05 Å². The fourth-order valence-corrected chi connectivity index (χ4v) is 3.30. The number of fused-ring (bicyclic) bond motifs is 1. The summed E-state index contributed by atoms with van der Waals surface area (Å²) in [5.41, 5.74) is 3.02. The number of anilines is 3. The number of nitrogens with zero attached hydrogens (tertiary/aromatic N) is 5. The average Bonchev–Trinajstić information content (AvgIpc) is 3.09. The van der Waals surface area contributed by atoms with Crippen molar-refractivity contribution in [2.45, 2.75) is 13.3 Å². The van der Waals surface area contributed by atoms with Crippen molar-refractivity contribution in [2.75, 3.05) is 50.0 Å². The highest BCUT2D eigenvalue weighted by molar-refractivity contribution is 5.89. The molecule has 28 heavy (non-hydrogen) atoms. The Labute approximate surface area is 164 Å². The molecule has 0 bridgehead atoms. The monoisotopic (exact) mass is 381 g/mol. The van der Waals surface area contributed by atoms with E-state index in [9.17, 15) is 0 Å². The molecule has 0 spiro atoms. The number of hydrogen-bond donors (Lipinski definition) is 2. The second kappa shape index (κ2) is 8.53. The topological polar surface area (TPSA) is 80.1 Å². The van der Waals surface area contributed by atoms with Gasteiger partial charge in [0, 0.05) is 32.4 Å². The second-order valence-corrected chi connectivity index (χ2v) is 7.13. The zero-order valence-corrected chi connectivity index (χ0v) is 16.5. The van der Waals surface area contributed by atoms with Crippen LogP contribution in [-0.4, -0.2) is 64.0 Å². The number of aromatic nitrogens is 4. The third-order valence-electron chi connectivity index (χ3n) is 4.94. The van der Waals surface area contributed by atoms with Gasteiger partial charge in [-0.05, 0) is 32.0 Å². The number of nitrogens with one attached hydrogen (secondary N) is 2. The molecule has 0 atom stereocenters. The Bertz CT molecular complexity index is 916. The van der Waals surface area contributed by atoms with E-state index in [1.54, 1.807) is 10.9 Å². The minimum absolute atomic E-state index is 0.618. The Balaban J connectivity index is 1.45. The molecule has 2 N–H and O–H groups in total. The van der Waals surface area contributed by atoms with Crippen molar-refractivity contribution < 1.29 is 4.74 Å². The minimum Gasteiger partial charge on any atom is -0.379 e. The summed E-state index contributed by atoms with van der Waals surface area (Å²) in [6, 6.07) is 8.26. The second-order valence-electron chi connectivity index (χ2n) is 7.13. The van der Waals surface area contributed by atoms with E-state index in [4.69, 9.17) is 9.72 Å². The van der Waals surface area contributed by atoms with Gasteiger partial charge in [-0.25, -0.2) is 0 Å². The third kappa shape index (κ3) is 4.40. The Morgan fingerprint density at radius 1 is 1.11 bits per heavy atom. The predicted octanol–water partition coefficient (Wildman–Crippen LogP) is 2.55. The molecular formula is C20H27N7O. The number of rotatable bonds is 7. The number of morpholine rings is 1. The SMILES string of the molecule is Cc1ccc(Nc2nc(NCCCN3CCOCC3)nc3c2cnn3C)cc1. The fraction of sp³-hybridized carbons (Fsp3) is 0.450. The van der Waals surface area contributed by atoms with Gasteiger partial charge in [0.1, 0.15) is 5.82 Å². The van der Waals surface area contributed by atoms with Crippen LogP contribution in [0.5, 0.6) is 0 Å². The van der Waals surface area contributed by atoms with E-state index < -0.39 is 0 Å². The first-order chi connectivity index (χ1) is 13.7. The molecule has 0 radical (unpaired) electrons. The molecule has 1 aliphatic heterocycles. The molecule has 4 rings (SSSR count). The fourth-order valence-electron chi connectivity index (χ4n) is 3.30. The molecule has 8 heteroatoms. The standard InChI is InChI=1S/C20H27N7O/c1-15-4-6-16(7-5-15)23-18-17-14-22-26(2)19(17)25-20(24-18)21-8-3-9-27-10-12-28-13-11-27/h4-7,14H,3,8-13H2,1-2H3,(H2,21,23,24,25). The summed E-state index contributed by atoms with van der Waals surface area (Å²) in [6.45, 7) is 7.66. The van der Waals surface area contributed by atoms with E-state index in [-0.39, 0.29) is 0 Å². The van der Waals surface area contributed by atoms with Crippen molar-refractivity contribution in [1.82, 2.24) is 24.6 Å². The maximum Gasteiger partial charge on any atom is 0.226 e. The number of ether oxygens (including phenoxy) is 1. The van der Waals surface area contributed by atoms with Crippen molar-refractivity contribution in [1.29, 1.82) is 0 Å². The number of hydrogen-bond acceptors (Lipinski definition) is 7. The highest BCUT2D eigenvalue weighted by Gasteiger charge is 2.13. The van der Waals surface area contributed by atoms with Gasteiger partial charge in [0.15, 0.2) is 5.65 Å². The Morgan fingerprint density at radius 2 is 1.89 bits per heavy atom. The lowest BCUT2D eigenvalue weighted by molar-refractivity contribution is 0.0378. The Kier molecular flexibility index (Phi) is 5.68. The normalized spacial score (nSPS) is 15.1. The van der Waals surface area contributed by atoms with Crippen molar-refractivity contribution in [3.05, 3.63) is 36.0 Å². The lowest BCUT2D eigenvalue weighted by Crippen LogP contribution is -2.37. The lowest BCUT2D eigenvalue weighted by Gasteiger charge is -2.26. The van der Waals surface area contributed by atoms with Crippen molar-refractivity contribution >= 4 is 28.5 Å². The van der Waals surface area contributed by atoms with Crippen LogP contribution in [0.25, 0.3) is 11.0 Å². The van der Waals surface area contributed by atoms with Gasteiger partial charge in [0.25, 0.3) is 0 Å². The summed E-state index contributed by atoms with van der Waals surface area (Å²) in [6.07, 6.45) is 2.83. The predicted molar refractivity (Wildman–Crippen MR) is 111 cm³/mol. The van der Waals surface area contributed by atoms with Crippen LogP contribution in [0.15, 0.2) is 30.5 Å². The summed E-state index contributed by atoms with van der Waals surface area (Å²) in [7, 11) is 1.90. The first-order valence-corrected chi connectivity index (χ1v) is 9.76. The lowest BCUT2D eigenvalue weighted by atomic mass is 10.2. The molecule has 1 aromatic carbocycles. The van der Waals surface area contributed by atoms with E-state index in [1.165, 1.54) is 5.56 Å². The van der Waals surface area contributed by atoms with Gasteiger partial charge in [0.2, 0.25) is 5.95 Å². The zero-order valence-electron chi connectivity index (χ0n) is 16.5. The first kappa shape index (κ1) is 18.6. The molecule has 3 heterocycles. The third-order valence-corrected chi connectivity index (χ3v) is 4.94. The summed E-state index contributed by atoms with van der Waals surface area (Å²) in [4.78, 5) is 11.8. The van der Waals surface area contributed by atoms with Gasteiger partial charge in [-0.3, -0.25) is 9.58 Å². The van der Waals surface area contributed by atoms with Crippen LogP contribution >= 0.6 is 0 Å². The van der Waals surface area contributed by atoms with Gasteiger partial charge in [-0.1, -0.05) is 17.7 Å². The molecular weight excluding hydrogens is 354 g/mol. The van der Waals surface area contributed by atoms with Crippen LogP contribution in [0.1, 0.15) is 12.0 Å². The highest BCUT2D eigenvalue weighted by atomic mass is 16.5. The first-order valence-electron chi connectivity index (χ1n) is 9.76. The van der Waals surface area contributed by atoms with Gasteiger partial charge in [-0.15, -0.1) is 0 Å². The summed E-state index contributed by atoms with van der Waals surface area (Å²) >= 11 is 0. The van der Waals surface area contributed by atoms with E-state index >= 15 is 0 Å². The van der Waals surface area contributed by atoms with Crippen molar-refractivity contribution in [3.63, 3.8) is 0 Å². The van der Waals surface area contributed by atoms with Crippen LogP contribution in [0.3, 0.4) is 0 Å². The van der Waals surface area contributed by atoms with Gasteiger partial charge >= 0.3 is 0 Å². The maximum absolute atomic E-state index is 5.40. The van der Waals surface area contributed by atoms with Crippen LogP contribution in [0, 0.1) is 6.92 Å². The quantitative estimate of drug-likeness (QED) is 0.609. The van der Waals surface area contributed by atoms with Crippen molar-refractivity contribution in [3.8, 4) is 0 Å². The number of benzene rings is 1. The van der Waals surface area contributed by atoms with E-state index in [0.717, 1.165) is 68.4 Å². The molecule has 1 aliphatic rings. The smallest absolute Gasteiger partial charge is 0.226 e. The molecule has 3 aromatic rings. The molecule has 1 fully saturated rings. The molecule has 148 valence electrons. The van der Waals surface area contributed by atoms with Gasteiger partial charge in [-0.2, -0.15) is 15.1 Å². The molecule has 0 amide bonds. The molecule has 1 saturated heterocycles. The van der Waals surface area contributed by atoms with Crippen LogP contribution in [0.2, 0.25) is 0 Å². The van der Waals surface area contributed by atoms with E-state index in [2.05, 4.69) is 56.8 Å². The zero-order chi connectivity index (χ0) is 19.3. The van der Waals surface area contributed by atoms with E-state index in [0.29, 0.717) is 5.95 Å².